The van der Waals surface area contributed by atoms with Gasteiger partial charge in [0, 0.05) is 17.3 Å². The van der Waals surface area contributed by atoms with Crippen LogP contribution in [0.15, 0.2) is 36.4 Å². The highest BCUT2D eigenvalue weighted by molar-refractivity contribution is 6.31. The summed E-state index contributed by atoms with van der Waals surface area (Å²) in [6.07, 6.45) is 0. The summed E-state index contributed by atoms with van der Waals surface area (Å²) in [5.74, 6) is 0. The topological polar surface area (TPSA) is 59.6 Å². The van der Waals surface area contributed by atoms with Crippen LogP contribution in [0.25, 0.3) is 0 Å². The zero-order valence-corrected chi connectivity index (χ0v) is 11.7. The highest BCUT2D eigenvalue weighted by Crippen LogP contribution is 2.20. The Bertz CT molecular complexity index is 723. The number of hydrogen-bond acceptors (Lipinski definition) is 3. The van der Waals surface area contributed by atoms with E-state index in [-0.39, 0.29) is 0 Å². The van der Waals surface area contributed by atoms with Crippen LogP contribution in [-0.4, -0.2) is 0 Å². The maximum absolute atomic E-state index is 8.98. The number of nitrogens with one attached hydrogen (secondary N) is 1. The minimum absolute atomic E-state index is 0.368. The second kappa shape index (κ2) is 6.10. The summed E-state index contributed by atoms with van der Waals surface area (Å²) in [5.41, 5.74) is 3.64. The van der Waals surface area contributed by atoms with Gasteiger partial charge in [0.1, 0.15) is 12.1 Å². The van der Waals surface area contributed by atoms with E-state index in [0.29, 0.717) is 22.7 Å². The predicted octanol–water partition coefficient (Wildman–Crippen LogP) is 4.00. The quantitative estimate of drug-likeness (QED) is 0.925. The first-order valence-electron chi connectivity index (χ1n) is 6.07. The zero-order valence-electron chi connectivity index (χ0n) is 10.9. The minimum Gasteiger partial charge on any atom is -0.381 e. The van der Waals surface area contributed by atoms with Crippen LogP contribution in [0.5, 0.6) is 0 Å². The molecule has 0 aromatic heterocycles. The van der Waals surface area contributed by atoms with Crippen molar-refractivity contribution in [3.05, 3.63) is 63.7 Å². The number of benzene rings is 2. The molecular weight excluding hydrogens is 270 g/mol. The smallest absolute Gasteiger partial charge is 0.101 e. The molecule has 2 rings (SSSR count). The molecule has 0 amide bonds. The standard InChI is InChI=1S/C16H12ClN3/c1-11-2-3-13(16(17)6-11)10-20-15-5-4-12(8-18)14(7-15)9-19/h2-7,20H,10H2,1H3. The molecule has 0 aliphatic rings. The van der Waals surface area contributed by atoms with Crippen LogP contribution >= 0.6 is 11.6 Å². The molecule has 0 radical (unpaired) electrons. The molecule has 0 spiro atoms. The van der Waals surface area contributed by atoms with E-state index in [2.05, 4.69) is 5.32 Å². The van der Waals surface area contributed by atoms with Gasteiger partial charge in [-0.2, -0.15) is 10.5 Å². The van der Waals surface area contributed by atoms with E-state index in [1.165, 1.54) is 0 Å². The van der Waals surface area contributed by atoms with E-state index >= 15 is 0 Å². The largest absolute Gasteiger partial charge is 0.381 e. The number of hydrogen-bond donors (Lipinski definition) is 1. The van der Waals surface area contributed by atoms with Crippen molar-refractivity contribution in [2.75, 3.05) is 5.32 Å². The Balaban J connectivity index is 2.16. The van der Waals surface area contributed by atoms with Crippen LogP contribution in [0.3, 0.4) is 0 Å². The molecule has 0 atom stereocenters. The minimum atomic E-state index is 0.368. The number of halogens is 1. The summed E-state index contributed by atoms with van der Waals surface area (Å²) >= 11 is 6.17. The van der Waals surface area contributed by atoms with Gasteiger partial charge >= 0.3 is 0 Å². The van der Waals surface area contributed by atoms with Gasteiger partial charge in [0.05, 0.1) is 11.1 Å². The Morgan fingerprint density at radius 2 is 1.80 bits per heavy atom. The highest BCUT2D eigenvalue weighted by atomic mass is 35.5. The van der Waals surface area contributed by atoms with Crippen molar-refractivity contribution in [2.24, 2.45) is 0 Å². The number of nitriles is 2. The van der Waals surface area contributed by atoms with Crippen LogP contribution in [0.2, 0.25) is 5.02 Å². The lowest BCUT2D eigenvalue weighted by molar-refractivity contribution is 1.14. The van der Waals surface area contributed by atoms with Crippen molar-refractivity contribution in [3.8, 4) is 12.1 Å². The molecule has 0 aliphatic heterocycles. The predicted molar refractivity (Wildman–Crippen MR) is 79.4 cm³/mol. The molecule has 4 heteroatoms. The van der Waals surface area contributed by atoms with Crippen LogP contribution < -0.4 is 5.32 Å². The normalized spacial score (nSPS) is 9.60. The maximum atomic E-state index is 8.98. The van der Waals surface area contributed by atoms with Gasteiger partial charge in [-0.3, -0.25) is 0 Å². The van der Waals surface area contributed by atoms with Gasteiger partial charge in [-0.1, -0.05) is 23.7 Å². The number of anilines is 1. The van der Waals surface area contributed by atoms with E-state index in [1.807, 2.05) is 37.3 Å². The van der Waals surface area contributed by atoms with Crippen molar-refractivity contribution in [2.45, 2.75) is 13.5 Å². The van der Waals surface area contributed by atoms with Gasteiger partial charge in [-0.05, 0) is 42.3 Å². The van der Waals surface area contributed by atoms with Crippen LogP contribution in [0.1, 0.15) is 22.3 Å². The molecule has 0 unspecified atom stereocenters. The maximum Gasteiger partial charge on any atom is 0.101 e. The number of nitrogens with zero attached hydrogens (tertiary/aromatic N) is 2. The summed E-state index contributed by atoms with van der Waals surface area (Å²) in [4.78, 5) is 0. The molecule has 2 aromatic carbocycles. The third-order valence-electron chi connectivity index (χ3n) is 2.95. The molecule has 0 bridgehead atoms. The number of rotatable bonds is 3. The molecular formula is C16H12ClN3. The first-order valence-corrected chi connectivity index (χ1v) is 6.45. The second-order valence-electron chi connectivity index (χ2n) is 4.43. The summed E-state index contributed by atoms with van der Waals surface area (Å²) in [6, 6.07) is 15.0. The molecule has 0 saturated carbocycles. The Hall–Kier alpha value is -2.49. The lowest BCUT2D eigenvalue weighted by Crippen LogP contribution is -2.01. The fourth-order valence-corrected chi connectivity index (χ4v) is 2.14. The van der Waals surface area contributed by atoms with E-state index in [4.69, 9.17) is 22.1 Å². The fraction of sp³-hybridized carbons (Fsp3) is 0.125. The van der Waals surface area contributed by atoms with Crippen molar-refractivity contribution in [3.63, 3.8) is 0 Å². The lowest BCUT2D eigenvalue weighted by Gasteiger charge is -2.09. The fourth-order valence-electron chi connectivity index (χ4n) is 1.84. The van der Waals surface area contributed by atoms with Gasteiger partial charge in [-0.25, -0.2) is 0 Å². The Kier molecular flexibility index (Phi) is 4.25. The molecule has 98 valence electrons. The monoisotopic (exact) mass is 281 g/mol. The van der Waals surface area contributed by atoms with Crippen molar-refractivity contribution >= 4 is 17.3 Å². The molecule has 1 N–H and O–H groups in total. The second-order valence-corrected chi connectivity index (χ2v) is 4.84. The lowest BCUT2D eigenvalue weighted by atomic mass is 10.1. The van der Waals surface area contributed by atoms with E-state index in [1.54, 1.807) is 18.2 Å². The summed E-state index contributed by atoms with van der Waals surface area (Å²) in [7, 11) is 0. The molecule has 0 fully saturated rings. The summed E-state index contributed by atoms with van der Waals surface area (Å²) in [5, 5.41) is 21.8. The SMILES string of the molecule is Cc1ccc(CNc2ccc(C#N)c(C#N)c2)c(Cl)c1. The number of aryl methyl sites for hydroxylation is 1. The average Bonchev–Trinajstić information content (AvgIpc) is 2.46. The first-order chi connectivity index (χ1) is 9.63. The third-order valence-corrected chi connectivity index (χ3v) is 3.30. The van der Waals surface area contributed by atoms with Crippen LogP contribution in [0, 0.1) is 29.6 Å². The Morgan fingerprint density at radius 1 is 1.05 bits per heavy atom. The third kappa shape index (κ3) is 3.09. The highest BCUT2D eigenvalue weighted by Gasteiger charge is 2.04. The zero-order chi connectivity index (χ0) is 14.5. The molecule has 20 heavy (non-hydrogen) atoms. The van der Waals surface area contributed by atoms with Gasteiger partial charge < -0.3 is 5.32 Å². The van der Waals surface area contributed by atoms with Gasteiger partial charge in [0.15, 0.2) is 0 Å². The molecule has 0 heterocycles. The Morgan fingerprint density at radius 3 is 2.45 bits per heavy atom. The molecule has 0 saturated heterocycles. The average molecular weight is 282 g/mol. The first kappa shape index (κ1) is 13.9. The molecule has 2 aromatic rings. The van der Waals surface area contributed by atoms with E-state index < -0.39 is 0 Å². The van der Waals surface area contributed by atoms with E-state index in [0.717, 1.165) is 16.8 Å². The molecule has 0 aliphatic carbocycles. The van der Waals surface area contributed by atoms with Crippen molar-refractivity contribution in [1.82, 2.24) is 0 Å². The summed E-state index contributed by atoms with van der Waals surface area (Å²) in [6.45, 7) is 2.55. The summed E-state index contributed by atoms with van der Waals surface area (Å²) < 4.78 is 0. The van der Waals surface area contributed by atoms with Crippen LogP contribution in [-0.2, 0) is 6.54 Å². The van der Waals surface area contributed by atoms with E-state index in [9.17, 15) is 0 Å². The molecule has 3 nitrogen and oxygen atoms in total. The van der Waals surface area contributed by atoms with Gasteiger partial charge in [0.25, 0.3) is 0 Å². The van der Waals surface area contributed by atoms with Crippen LogP contribution in [0.4, 0.5) is 5.69 Å². The Labute approximate surface area is 123 Å². The van der Waals surface area contributed by atoms with Gasteiger partial charge in [-0.15, -0.1) is 0 Å². The van der Waals surface area contributed by atoms with Crippen molar-refractivity contribution in [1.29, 1.82) is 10.5 Å². The van der Waals surface area contributed by atoms with Crippen molar-refractivity contribution < 1.29 is 0 Å². The van der Waals surface area contributed by atoms with Gasteiger partial charge in [0.2, 0.25) is 0 Å².